The quantitative estimate of drug-likeness (QED) is 0.697. The standard InChI is InChI=1S/C19H16ClN3O3/c1-13-10-11-21-23(13)15-8-6-14(7-9-15)19(25)26-12-18(24)22-17-5-3-2-4-16(17)20/h2-11H,12H2,1H3,(H,22,24). The Balaban J connectivity index is 1.57. The number of nitrogens with zero attached hydrogens (tertiary/aromatic N) is 2. The van der Waals surface area contributed by atoms with Crippen LogP contribution < -0.4 is 5.32 Å². The number of benzene rings is 2. The summed E-state index contributed by atoms with van der Waals surface area (Å²) in [5.41, 5.74) is 2.63. The number of aryl methyl sites for hydroxylation is 1. The number of esters is 1. The van der Waals surface area contributed by atoms with Gasteiger partial charge >= 0.3 is 5.97 Å². The highest BCUT2D eigenvalue weighted by Crippen LogP contribution is 2.20. The van der Waals surface area contributed by atoms with Crippen LogP contribution in [0, 0.1) is 6.92 Å². The van der Waals surface area contributed by atoms with Crippen LogP contribution in [0.15, 0.2) is 60.8 Å². The molecule has 0 aliphatic rings. The molecule has 3 rings (SSSR count). The molecule has 3 aromatic rings. The van der Waals surface area contributed by atoms with Crippen LogP contribution >= 0.6 is 11.6 Å². The second kappa shape index (κ2) is 7.84. The fourth-order valence-electron chi connectivity index (χ4n) is 2.34. The third kappa shape index (κ3) is 4.10. The molecule has 1 amide bonds. The summed E-state index contributed by atoms with van der Waals surface area (Å²) in [5, 5.41) is 7.21. The molecule has 0 unspecified atom stereocenters. The van der Waals surface area contributed by atoms with Crippen molar-refractivity contribution in [2.75, 3.05) is 11.9 Å². The molecule has 1 N–H and O–H groups in total. The van der Waals surface area contributed by atoms with Gasteiger partial charge in [0.15, 0.2) is 6.61 Å². The highest BCUT2D eigenvalue weighted by atomic mass is 35.5. The van der Waals surface area contributed by atoms with Crippen LogP contribution in [0.5, 0.6) is 0 Å². The van der Waals surface area contributed by atoms with Gasteiger partial charge in [-0.25, -0.2) is 9.48 Å². The van der Waals surface area contributed by atoms with Gasteiger partial charge in [0, 0.05) is 11.9 Å². The maximum absolute atomic E-state index is 12.1. The van der Waals surface area contributed by atoms with Crippen molar-refractivity contribution in [2.24, 2.45) is 0 Å². The minimum absolute atomic E-state index is 0.351. The largest absolute Gasteiger partial charge is 0.452 e. The number of halogens is 1. The average molecular weight is 370 g/mol. The molecule has 0 saturated heterocycles. The van der Waals surface area contributed by atoms with Crippen molar-refractivity contribution in [1.82, 2.24) is 9.78 Å². The predicted molar refractivity (Wildman–Crippen MR) is 98.7 cm³/mol. The maximum atomic E-state index is 12.1. The topological polar surface area (TPSA) is 73.2 Å². The second-order valence-electron chi connectivity index (χ2n) is 5.54. The number of amides is 1. The van der Waals surface area contributed by atoms with Crippen LogP contribution in [0.4, 0.5) is 5.69 Å². The fourth-order valence-corrected chi connectivity index (χ4v) is 2.52. The Bertz CT molecular complexity index is 935. The zero-order valence-electron chi connectivity index (χ0n) is 14.0. The van der Waals surface area contributed by atoms with Gasteiger partial charge in [-0.05, 0) is 49.4 Å². The van der Waals surface area contributed by atoms with E-state index in [1.165, 1.54) is 0 Å². The molecule has 0 aliphatic heterocycles. The molecule has 0 bridgehead atoms. The van der Waals surface area contributed by atoms with E-state index in [0.29, 0.717) is 16.3 Å². The minimum atomic E-state index is -0.581. The van der Waals surface area contributed by atoms with E-state index in [2.05, 4.69) is 10.4 Å². The summed E-state index contributed by atoms with van der Waals surface area (Å²) >= 11 is 5.97. The van der Waals surface area contributed by atoms with Gasteiger partial charge in [0.2, 0.25) is 0 Å². The number of carbonyl (C=O) groups is 2. The van der Waals surface area contributed by atoms with Gasteiger partial charge in [-0.3, -0.25) is 4.79 Å². The summed E-state index contributed by atoms with van der Waals surface area (Å²) in [6.45, 7) is 1.54. The van der Waals surface area contributed by atoms with Crippen LogP contribution in [0.1, 0.15) is 16.1 Å². The maximum Gasteiger partial charge on any atom is 0.338 e. The third-order valence-corrected chi connectivity index (χ3v) is 3.99. The fraction of sp³-hybridized carbons (Fsp3) is 0.105. The molecule has 6 nitrogen and oxygen atoms in total. The number of anilines is 1. The number of hydrogen-bond acceptors (Lipinski definition) is 4. The Labute approximate surface area is 155 Å². The summed E-state index contributed by atoms with van der Waals surface area (Å²) in [4.78, 5) is 24.0. The third-order valence-electron chi connectivity index (χ3n) is 3.66. The lowest BCUT2D eigenvalue weighted by Gasteiger charge is -2.08. The number of nitrogens with one attached hydrogen (secondary N) is 1. The molecule has 0 fully saturated rings. The van der Waals surface area contributed by atoms with Crippen molar-refractivity contribution in [3.63, 3.8) is 0 Å². The molecule has 7 heteroatoms. The van der Waals surface area contributed by atoms with Gasteiger partial charge < -0.3 is 10.1 Å². The van der Waals surface area contributed by atoms with E-state index < -0.39 is 18.5 Å². The predicted octanol–water partition coefficient (Wildman–Crippen LogP) is 3.63. The lowest BCUT2D eigenvalue weighted by Crippen LogP contribution is -2.21. The van der Waals surface area contributed by atoms with Gasteiger partial charge in [0.05, 0.1) is 22.0 Å². The first kappa shape index (κ1) is 17.7. The van der Waals surface area contributed by atoms with Crippen molar-refractivity contribution in [3.05, 3.63) is 77.1 Å². The average Bonchev–Trinajstić information content (AvgIpc) is 3.08. The minimum Gasteiger partial charge on any atom is -0.452 e. The monoisotopic (exact) mass is 369 g/mol. The Morgan fingerprint density at radius 2 is 1.85 bits per heavy atom. The summed E-state index contributed by atoms with van der Waals surface area (Å²) in [6.07, 6.45) is 1.70. The van der Waals surface area contributed by atoms with Crippen molar-refractivity contribution in [2.45, 2.75) is 6.92 Å². The molecule has 0 saturated carbocycles. The molecule has 2 aromatic carbocycles. The van der Waals surface area contributed by atoms with Crippen LogP contribution in [0.25, 0.3) is 5.69 Å². The Morgan fingerprint density at radius 3 is 2.50 bits per heavy atom. The molecule has 0 spiro atoms. The number of para-hydroxylation sites is 1. The van der Waals surface area contributed by atoms with Gasteiger partial charge in [-0.2, -0.15) is 5.10 Å². The van der Waals surface area contributed by atoms with E-state index in [4.69, 9.17) is 16.3 Å². The zero-order chi connectivity index (χ0) is 18.5. The molecule has 0 radical (unpaired) electrons. The van der Waals surface area contributed by atoms with E-state index in [0.717, 1.165) is 11.4 Å². The van der Waals surface area contributed by atoms with E-state index in [1.54, 1.807) is 59.4 Å². The van der Waals surface area contributed by atoms with Crippen molar-refractivity contribution in [1.29, 1.82) is 0 Å². The molecule has 26 heavy (non-hydrogen) atoms. The van der Waals surface area contributed by atoms with Crippen molar-refractivity contribution >= 4 is 29.2 Å². The first-order chi connectivity index (χ1) is 12.5. The Morgan fingerprint density at radius 1 is 1.12 bits per heavy atom. The van der Waals surface area contributed by atoms with Gasteiger partial charge in [0.25, 0.3) is 5.91 Å². The first-order valence-corrected chi connectivity index (χ1v) is 8.25. The highest BCUT2D eigenvalue weighted by Gasteiger charge is 2.12. The smallest absolute Gasteiger partial charge is 0.338 e. The number of ether oxygens (including phenoxy) is 1. The van der Waals surface area contributed by atoms with Gasteiger partial charge in [-0.1, -0.05) is 23.7 Å². The van der Waals surface area contributed by atoms with Crippen molar-refractivity contribution in [3.8, 4) is 5.69 Å². The SMILES string of the molecule is Cc1ccnn1-c1ccc(C(=O)OCC(=O)Nc2ccccc2Cl)cc1. The molecule has 0 atom stereocenters. The summed E-state index contributed by atoms with van der Waals surface area (Å²) < 4.78 is 6.80. The van der Waals surface area contributed by atoms with Crippen LogP contribution in [-0.4, -0.2) is 28.3 Å². The van der Waals surface area contributed by atoms with E-state index in [9.17, 15) is 9.59 Å². The van der Waals surface area contributed by atoms with E-state index in [-0.39, 0.29) is 0 Å². The first-order valence-electron chi connectivity index (χ1n) is 7.87. The summed E-state index contributed by atoms with van der Waals surface area (Å²) in [7, 11) is 0. The lowest BCUT2D eigenvalue weighted by molar-refractivity contribution is -0.119. The van der Waals surface area contributed by atoms with Gasteiger partial charge in [0.1, 0.15) is 0 Å². The number of carbonyl (C=O) groups excluding carboxylic acids is 2. The summed E-state index contributed by atoms with van der Waals surface area (Å²) in [6, 6.07) is 15.5. The van der Waals surface area contributed by atoms with Crippen LogP contribution in [-0.2, 0) is 9.53 Å². The molecule has 132 valence electrons. The number of aromatic nitrogens is 2. The molecular weight excluding hydrogens is 354 g/mol. The van der Waals surface area contributed by atoms with E-state index >= 15 is 0 Å². The highest BCUT2D eigenvalue weighted by molar-refractivity contribution is 6.33. The lowest BCUT2D eigenvalue weighted by atomic mass is 10.2. The molecular formula is C19H16ClN3O3. The van der Waals surface area contributed by atoms with Crippen LogP contribution in [0.3, 0.4) is 0 Å². The second-order valence-corrected chi connectivity index (χ2v) is 5.94. The Hall–Kier alpha value is -3.12. The van der Waals surface area contributed by atoms with E-state index in [1.807, 2.05) is 13.0 Å². The zero-order valence-corrected chi connectivity index (χ0v) is 14.7. The summed E-state index contributed by atoms with van der Waals surface area (Å²) in [5.74, 6) is -1.04. The van der Waals surface area contributed by atoms with Crippen LogP contribution in [0.2, 0.25) is 5.02 Å². The Kier molecular flexibility index (Phi) is 5.34. The normalized spacial score (nSPS) is 10.4. The molecule has 1 heterocycles. The molecule has 0 aliphatic carbocycles. The van der Waals surface area contributed by atoms with Gasteiger partial charge in [-0.15, -0.1) is 0 Å². The van der Waals surface area contributed by atoms with Crippen molar-refractivity contribution < 1.29 is 14.3 Å². The number of hydrogen-bond donors (Lipinski definition) is 1. The number of rotatable bonds is 5. The molecule has 1 aromatic heterocycles.